The standard InChI is InChI=1S/C21H13F3N2O3/c22-21(23,24)15-5-3-4-14-18(12-8-10-13(11-9-12)20(27)26-28)25-16-6-1-2-7-17(16)29-19(14)15/h1-11,28H,(H,26,27). The lowest BCUT2D eigenvalue weighted by Crippen LogP contribution is -2.18. The van der Waals surface area contributed by atoms with Crippen molar-refractivity contribution in [1.82, 2.24) is 5.48 Å². The summed E-state index contributed by atoms with van der Waals surface area (Å²) in [7, 11) is 0. The van der Waals surface area contributed by atoms with Gasteiger partial charge in [0.15, 0.2) is 5.75 Å². The monoisotopic (exact) mass is 398 g/mol. The number of carbonyl (C=O) groups is 1. The Bertz CT molecular complexity index is 1120. The van der Waals surface area contributed by atoms with Gasteiger partial charge >= 0.3 is 6.18 Å². The normalized spacial score (nSPS) is 12.8. The second-order valence-electron chi connectivity index (χ2n) is 6.23. The zero-order chi connectivity index (χ0) is 20.6. The van der Waals surface area contributed by atoms with Crippen LogP contribution in [0.4, 0.5) is 18.9 Å². The Labute approximate surface area is 163 Å². The molecule has 0 bridgehead atoms. The number of aliphatic imine (C=N–C) groups is 1. The zero-order valence-electron chi connectivity index (χ0n) is 14.7. The molecule has 0 atom stereocenters. The molecule has 29 heavy (non-hydrogen) atoms. The van der Waals surface area contributed by atoms with Gasteiger partial charge in [0.05, 0.1) is 11.3 Å². The van der Waals surface area contributed by atoms with E-state index in [1.807, 2.05) is 0 Å². The van der Waals surface area contributed by atoms with Gasteiger partial charge in [-0.1, -0.05) is 30.3 Å². The van der Waals surface area contributed by atoms with E-state index in [0.717, 1.165) is 6.07 Å². The quantitative estimate of drug-likeness (QED) is 0.365. The number of amides is 1. The molecule has 8 heteroatoms. The van der Waals surface area contributed by atoms with E-state index in [1.54, 1.807) is 36.4 Å². The minimum absolute atomic E-state index is 0.176. The molecule has 0 radical (unpaired) electrons. The second-order valence-corrected chi connectivity index (χ2v) is 6.23. The van der Waals surface area contributed by atoms with Crippen LogP contribution in [0, 0.1) is 0 Å². The summed E-state index contributed by atoms with van der Waals surface area (Å²) in [6, 6.07) is 16.3. The highest BCUT2D eigenvalue weighted by Crippen LogP contribution is 2.45. The number of nitrogens with zero attached hydrogens (tertiary/aromatic N) is 1. The summed E-state index contributed by atoms with van der Waals surface area (Å²) in [4.78, 5) is 16.1. The molecule has 1 aliphatic heterocycles. The molecule has 0 saturated carbocycles. The highest BCUT2D eigenvalue weighted by atomic mass is 19.4. The number of hydrogen-bond donors (Lipinski definition) is 2. The van der Waals surface area contributed by atoms with E-state index >= 15 is 0 Å². The predicted octanol–water partition coefficient (Wildman–Crippen LogP) is 5.10. The van der Waals surface area contributed by atoms with Crippen LogP contribution in [0.2, 0.25) is 0 Å². The van der Waals surface area contributed by atoms with Gasteiger partial charge in [-0.15, -0.1) is 0 Å². The van der Waals surface area contributed by atoms with E-state index in [1.165, 1.54) is 29.7 Å². The molecule has 3 aromatic rings. The SMILES string of the molecule is O=C(NO)c1ccc(C2=Nc3ccccc3Oc3c2cccc3C(F)(F)F)cc1. The molecule has 0 aliphatic carbocycles. The summed E-state index contributed by atoms with van der Waals surface area (Å²) in [5.74, 6) is -0.828. The number of carbonyl (C=O) groups excluding carboxylic acids is 1. The van der Waals surface area contributed by atoms with Crippen LogP contribution in [0.25, 0.3) is 0 Å². The first-order chi connectivity index (χ1) is 13.9. The van der Waals surface area contributed by atoms with E-state index in [0.29, 0.717) is 11.3 Å². The van der Waals surface area contributed by atoms with Crippen molar-refractivity contribution in [3.8, 4) is 11.5 Å². The number of nitrogens with one attached hydrogen (secondary N) is 1. The number of alkyl halides is 3. The molecule has 0 spiro atoms. The van der Waals surface area contributed by atoms with E-state index in [4.69, 9.17) is 9.94 Å². The van der Waals surface area contributed by atoms with Gasteiger partial charge < -0.3 is 4.74 Å². The van der Waals surface area contributed by atoms with E-state index < -0.39 is 17.6 Å². The lowest BCUT2D eigenvalue weighted by molar-refractivity contribution is -0.138. The molecule has 0 fully saturated rings. The Morgan fingerprint density at radius 1 is 0.966 bits per heavy atom. The predicted molar refractivity (Wildman–Crippen MR) is 99.0 cm³/mol. The minimum Gasteiger partial charge on any atom is -0.454 e. The summed E-state index contributed by atoms with van der Waals surface area (Å²) in [5.41, 5.74) is 2.12. The molecule has 1 heterocycles. The first kappa shape index (κ1) is 18.7. The van der Waals surface area contributed by atoms with E-state index in [9.17, 15) is 18.0 Å². The van der Waals surface area contributed by atoms with Crippen LogP contribution >= 0.6 is 0 Å². The maximum atomic E-state index is 13.6. The van der Waals surface area contributed by atoms with Crippen molar-refractivity contribution in [3.63, 3.8) is 0 Å². The molecule has 4 rings (SSSR count). The molecule has 0 saturated heterocycles. The van der Waals surface area contributed by atoms with Crippen LogP contribution < -0.4 is 10.2 Å². The summed E-state index contributed by atoms with van der Waals surface area (Å²) < 4.78 is 46.5. The van der Waals surface area contributed by atoms with Crippen molar-refractivity contribution < 1.29 is 27.9 Å². The molecule has 146 valence electrons. The van der Waals surface area contributed by atoms with Crippen molar-refractivity contribution in [1.29, 1.82) is 0 Å². The van der Waals surface area contributed by atoms with Crippen LogP contribution in [0.3, 0.4) is 0 Å². The van der Waals surface area contributed by atoms with Crippen LogP contribution in [-0.4, -0.2) is 16.8 Å². The summed E-state index contributed by atoms with van der Waals surface area (Å²) >= 11 is 0. The molecule has 0 unspecified atom stereocenters. The van der Waals surface area contributed by atoms with Gasteiger partial charge in [-0.3, -0.25) is 10.0 Å². The lowest BCUT2D eigenvalue weighted by Gasteiger charge is -2.16. The van der Waals surface area contributed by atoms with Crippen LogP contribution in [0.5, 0.6) is 11.5 Å². The van der Waals surface area contributed by atoms with Gasteiger partial charge in [-0.05, 0) is 36.4 Å². The molecule has 2 N–H and O–H groups in total. The number of rotatable bonds is 2. The smallest absolute Gasteiger partial charge is 0.420 e. The van der Waals surface area contributed by atoms with Crippen LogP contribution in [0.15, 0.2) is 71.7 Å². The Hall–Kier alpha value is -3.65. The Morgan fingerprint density at radius 2 is 1.69 bits per heavy atom. The van der Waals surface area contributed by atoms with Gasteiger partial charge in [0.2, 0.25) is 0 Å². The Morgan fingerprint density at radius 3 is 2.38 bits per heavy atom. The van der Waals surface area contributed by atoms with Crippen molar-refractivity contribution in [2.75, 3.05) is 0 Å². The van der Waals surface area contributed by atoms with Crippen LogP contribution in [-0.2, 0) is 6.18 Å². The summed E-state index contributed by atoms with van der Waals surface area (Å²) in [5, 5.41) is 8.74. The number of halogens is 3. The lowest BCUT2D eigenvalue weighted by atomic mass is 9.97. The minimum atomic E-state index is -4.61. The fourth-order valence-corrected chi connectivity index (χ4v) is 3.05. The van der Waals surface area contributed by atoms with Crippen LogP contribution in [0.1, 0.15) is 27.0 Å². The Kier molecular flexibility index (Phi) is 4.56. The highest BCUT2D eigenvalue weighted by Gasteiger charge is 2.37. The Balaban J connectivity index is 1.94. The molecule has 1 aliphatic rings. The summed E-state index contributed by atoms with van der Waals surface area (Å²) in [6.45, 7) is 0. The zero-order valence-corrected chi connectivity index (χ0v) is 14.7. The van der Waals surface area contributed by atoms with E-state index in [2.05, 4.69) is 4.99 Å². The molecule has 1 amide bonds. The maximum Gasteiger partial charge on any atom is 0.420 e. The number of ether oxygens (including phenoxy) is 1. The molecule has 3 aromatic carbocycles. The van der Waals surface area contributed by atoms with Crippen molar-refractivity contribution in [3.05, 3.63) is 89.0 Å². The molecular weight excluding hydrogens is 385 g/mol. The molecule has 5 nitrogen and oxygen atoms in total. The van der Waals surface area contributed by atoms with Gasteiger partial charge in [0, 0.05) is 16.7 Å². The molecule has 0 aromatic heterocycles. The number of fused-ring (bicyclic) bond motifs is 2. The van der Waals surface area contributed by atoms with Crippen molar-refractivity contribution >= 4 is 17.3 Å². The number of benzene rings is 3. The fraction of sp³-hybridized carbons (Fsp3) is 0.0476. The van der Waals surface area contributed by atoms with Gasteiger partial charge in [-0.25, -0.2) is 10.5 Å². The second kappa shape index (κ2) is 7.06. The first-order valence-electron chi connectivity index (χ1n) is 8.49. The van der Waals surface area contributed by atoms with E-state index in [-0.39, 0.29) is 28.3 Å². The average molecular weight is 398 g/mol. The third kappa shape index (κ3) is 3.45. The number of hydroxylamine groups is 1. The highest BCUT2D eigenvalue weighted by molar-refractivity contribution is 6.16. The largest absolute Gasteiger partial charge is 0.454 e. The topological polar surface area (TPSA) is 70.9 Å². The summed E-state index contributed by atoms with van der Waals surface area (Å²) in [6.07, 6.45) is -4.61. The van der Waals surface area contributed by atoms with Crippen molar-refractivity contribution in [2.24, 2.45) is 4.99 Å². The fourth-order valence-electron chi connectivity index (χ4n) is 3.05. The van der Waals surface area contributed by atoms with Gasteiger partial charge in [0.25, 0.3) is 5.91 Å². The average Bonchev–Trinajstić information content (AvgIpc) is 2.89. The molecular formula is C21H13F3N2O3. The van der Waals surface area contributed by atoms with Gasteiger partial charge in [0.1, 0.15) is 11.4 Å². The third-order valence-electron chi connectivity index (χ3n) is 4.41. The number of hydrogen-bond acceptors (Lipinski definition) is 4. The number of para-hydroxylation sites is 3. The third-order valence-corrected chi connectivity index (χ3v) is 4.41. The first-order valence-corrected chi connectivity index (χ1v) is 8.49. The van der Waals surface area contributed by atoms with Gasteiger partial charge in [-0.2, -0.15) is 13.2 Å². The van der Waals surface area contributed by atoms with Crippen molar-refractivity contribution in [2.45, 2.75) is 6.18 Å². The maximum absolute atomic E-state index is 13.6.